The van der Waals surface area contributed by atoms with Crippen LogP contribution in [0.5, 0.6) is 0 Å². The number of nitrogens with one attached hydrogen (secondary N) is 1. The lowest BCUT2D eigenvalue weighted by atomic mass is 9.75. The standard InChI is InChI=1S/C23H24F2N2O2/c24-20-10-16-14-29-23(18(16)11-21(20)25)8-9-26-12-19(23)22(28)27(17-6-7-17)13-15-4-2-1-3-5-15/h1-5,10-11,17,19,26H,6-9,12-14H2/t19?,23-/m0/s1. The molecule has 2 aromatic rings. The van der Waals surface area contributed by atoms with Gasteiger partial charge in [-0.1, -0.05) is 30.3 Å². The van der Waals surface area contributed by atoms with Crippen LogP contribution in [0.15, 0.2) is 42.5 Å². The monoisotopic (exact) mass is 398 g/mol. The first-order valence-corrected chi connectivity index (χ1v) is 10.3. The zero-order valence-corrected chi connectivity index (χ0v) is 16.2. The molecule has 0 bridgehead atoms. The zero-order chi connectivity index (χ0) is 20.0. The Morgan fingerprint density at radius 2 is 1.93 bits per heavy atom. The number of amides is 1. The first-order valence-electron chi connectivity index (χ1n) is 10.3. The second-order valence-electron chi connectivity index (χ2n) is 8.29. The lowest BCUT2D eigenvalue weighted by Crippen LogP contribution is -2.55. The van der Waals surface area contributed by atoms with Crippen molar-refractivity contribution in [2.45, 2.75) is 44.1 Å². The fourth-order valence-corrected chi connectivity index (χ4v) is 4.78. The van der Waals surface area contributed by atoms with Crippen molar-refractivity contribution in [3.05, 3.63) is 70.8 Å². The molecule has 2 aromatic carbocycles. The van der Waals surface area contributed by atoms with Crippen molar-refractivity contribution >= 4 is 5.91 Å². The number of piperidine rings is 1. The van der Waals surface area contributed by atoms with Gasteiger partial charge in [-0.25, -0.2) is 8.78 Å². The molecule has 2 heterocycles. The third-order valence-corrected chi connectivity index (χ3v) is 6.44. The van der Waals surface area contributed by atoms with Crippen LogP contribution in [-0.4, -0.2) is 29.9 Å². The third kappa shape index (κ3) is 3.24. The summed E-state index contributed by atoms with van der Waals surface area (Å²) in [6.45, 7) is 1.90. The van der Waals surface area contributed by atoms with Crippen molar-refractivity contribution in [2.24, 2.45) is 5.92 Å². The summed E-state index contributed by atoms with van der Waals surface area (Å²) in [6, 6.07) is 12.7. The minimum atomic E-state index is -0.893. The van der Waals surface area contributed by atoms with Crippen LogP contribution in [0.3, 0.4) is 0 Å². The van der Waals surface area contributed by atoms with Gasteiger partial charge in [0.25, 0.3) is 0 Å². The van der Waals surface area contributed by atoms with E-state index in [1.165, 1.54) is 12.1 Å². The lowest BCUT2D eigenvalue weighted by molar-refractivity contribution is -0.157. The largest absolute Gasteiger partial charge is 0.365 e. The normalized spacial score (nSPS) is 25.8. The molecule has 2 atom stereocenters. The highest BCUT2D eigenvalue weighted by Crippen LogP contribution is 2.48. The summed E-state index contributed by atoms with van der Waals surface area (Å²) >= 11 is 0. The summed E-state index contributed by atoms with van der Waals surface area (Å²) in [4.78, 5) is 15.7. The minimum absolute atomic E-state index is 0.0288. The maximum atomic E-state index is 14.1. The van der Waals surface area contributed by atoms with E-state index in [4.69, 9.17) is 4.74 Å². The number of carbonyl (C=O) groups is 1. The van der Waals surface area contributed by atoms with Crippen molar-refractivity contribution < 1.29 is 18.3 Å². The van der Waals surface area contributed by atoms with Gasteiger partial charge in [-0.15, -0.1) is 0 Å². The molecule has 1 saturated heterocycles. The molecule has 29 heavy (non-hydrogen) atoms. The molecule has 5 rings (SSSR count). The minimum Gasteiger partial charge on any atom is -0.365 e. The van der Waals surface area contributed by atoms with Gasteiger partial charge in [-0.05, 0) is 54.6 Å². The van der Waals surface area contributed by atoms with Crippen LogP contribution < -0.4 is 5.32 Å². The maximum absolute atomic E-state index is 14.1. The lowest BCUT2D eigenvalue weighted by Gasteiger charge is -2.42. The van der Waals surface area contributed by atoms with Gasteiger partial charge >= 0.3 is 0 Å². The van der Waals surface area contributed by atoms with Crippen molar-refractivity contribution in [1.29, 1.82) is 0 Å². The number of ether oxygens (including phenoxy) is 1. The molecule has 0 aromatic heterocycles. The summed E-state index contributed by atoms with van der Waals surface area (Å²) < 4.78 is 34.0. The summed E-state index contributed by atoms with van der Waals surface area (Å²) in [6.07, 6.45) is 2.57. The molecule has 0 radical (unpaired) electrons. The quantitative estimate of drug-likeness (QED) is 0.857. The first kappa shape index (κ1) is 18.7. The SMILES string of the molecule is O=C(C1CNCC[C@@]12OCc1cc(F)c(F)cc12)N(Cc1ccccc1)C1CC1. The summed E-state index contributed by atoms with van der Waals surface area (Å²) in [5.74, 6) is -2.20. The summed E-state index contributed by atoms with van der Waals surface area (Å²) in [5.41, 5.74) is 1.47. The first-order chi connectivity index (χ1) is 14.1. The van der Waals surface area contributed by atoms with Gasteiger partial charge in [0.15, 0.2) is 11.6 Å². The Balaban J connectivity index is 1.49. The maximum Gasteiger partial charge on any atom is 0.230 e. The van der Waals surface area contributed by atoms with E-state index in [2.05, 4.69) is 5.32 Å². The van der Waals surface area contributed by atoms with E-state index in [0.717, 1.165) is 18.4 Å². The molecule has 1 N–H and O–H groups in total. The molecular formula is C23H24F2N2O2. The van der Waals surface area contributed by atoms with Crippen LogP contribution in [-0.2, 0) is 28.3 Å². The van der Waals surface area contributed by atoms with Gasteiger partial charge in [-0.2, -0.15) is 0 Å². The molecule has 3 aliphatic rings. The van der Waals surface area contributed by atoms with E-state index in [1.807, 2.05) is 35.2 Å². The van der Waals surface area contributed by atoms with Crippen LogP contribution in [0.25, 0.3) is 0 Å². The van der Waals surface area contributed by atoms with Gasteiger partial charge < -0.3 is 15.0 Å². The summed E-state index contributed by atoms with van der Waals surface area (Å²) in [5, 5.41) is 3.31. The number of halogens is 2. The van der Waals surface area contributed by atoms with Gasteiger partial charge in [0.05, 0.1) is 12.5 Å². The molecular weight excluding hydrogens is 374 g/mol. The van der Waals surface area contributed by atoms with Gasteiger partial charge in [0, 0.05) is 19.1 Å². The van der Waals surface area contributed by atoms with Crippen molar-refractivity contribution in [3.63, 3.8) is 0 Å². The van der Waals surface area contributed by atoms with Crippen LogP contribution in [0, 0.1) is 17.6 Å². The number of hydrogen-bond donors (Lipinski definition) is 1. The zero-order valence-electron chi connectivity index (χ0n) is 16.2. The van der Waals surface area contributed by atoms with Gasteiger partial charge in [-0.3, -0.25) is 4.79 Å². The van der Waals surface area contributed by atoms with Crippen LogP contribution >= 0.6 is 0 Å². The number of fused-ring (bicyclic) bond motifs is 2. The molecule has 1 saturated carbocycles. The third-order valence-electron chi connectivity index (χ3n) is 6.44. The number of rotatable bonds is 4. The Morgan fingerprint density at radius 1 is 1.17 bits per heavy atom. The second-order valence-corrected chi connectivity index (χ2v) is 8.29. The highest BCUT2D eigenvalue weighted by atomic mass is 19.2. The highest BCUT2D eigenvalue weighted by Gasteiger charge is 2.53. The average Bonchev–Trinajstić information content (AvgIpc) is 3.53. The second kappa shape index (κ2) is 7.18. The fourth-order valence-electron chi connectivity index (χ4n) is 4.78. The number of carbonyl (C=O) groups excluding carboxylic acids is 1. The predicted molar refractivity (Wildman–Crippen MR) is 104 cm³/mol. The van der Waals surface area contributed by atoms with Gasteiger partial charge in [0.2, 0.25) is 5.91 Å². The van der Waals surface area contributed by atoms with Gasteiger partial charge in [0.1, 0.15) is 5.60 Å². The van der Waals surface area contributed by atoms with Crippen LogP contribution in [0.2, 0.25) is 0 Å². The van der Waals surface area contributed by atoms with E-state index in [-0.39, 0.29) is 18.6 Å². The highest BCUT2D eigenvalue weighted by molar-refractivity contribution is 5.82. The van der Waals surface area contributed by atoms with Crippen molar-refractivity contribution in [2.75, 3.05) is 13.1 Å². The number of nitrogens with zero attached hydrogens (tertiary/aromatic N) is 1. The average molecular weight is 398 g/mol. The molecule has 1 spiro atoms. The van der Waals surface area contributed by atoms with E-state index in [0.29, 0.717) is 37.2 Å². The Labute approximate surface area is 168 Å². The molecule has 1 amide bonds. The molecule has 152 valence electrons. The van der Waals surface area contributed by atoms with Crippen LogP contribution in [0.4, 0.5) is 8.78 Å². The Morgan fingerprint density at radius 3 is 2.69 bits per heavy atom. The Bertz CT molecular complexity index is 932. The molecule has 6 heteroatoms. The summed E-state index contributed by atoms with van der Waals surface area (Å²) in [7, 11) is 0. The molecule has 1 unspecified atom stereocenters. The van der Waals surface area contributed by atoms with E-state index >= 15 is 0 Å². The van der Waals surface area contributed by atoms with E-state index in [1.54, 1.807) is 0 Å². The molecule has 1 aliphatic carbocycles. The van der Waals surface area contributed by atoms with Crippen molar-refractivity contribution in [3.8, 4) is 0 Å². The predicted octanol–water partition coefficient (Wildman–Crippen LogP) is 3.49. The number of hydrogen-bond acceptors (Lipinski definition) is 3. The Kier molecular flexibility index (Phi) is 4.63. The fraction of sp³-hybridized carbons (Fsp3) is 0.435. The molecule has 4 nitrogen and oxygen atoms in total. The van der Waals surface area contributed by atoms with E-state index < -0.39 is 23.2 Å². The van der Waals surface area contributed by atoms with E-state index in [9.17, 15) is 13.6 Å². The topological polar surface area (TPSA) is 41.6 Å². The Hall–Kier alpha value is -2.31. The smallest absolute Gasteiger partial charge is 0.230 e. The van der Waals surface area contributed by atoms with Crippen LogP contribution in [0.1, 0.15) is 36.0 Å². The number of benzene rings is 2. The molecule has 2 fully saturated rings. The molecule has 2 aliphatic heterocycles. The van der Waals surface area contributed by atoms with Crippen molar-refractivity contribution in [1.82, 2.24) is 10.2 Å².